The highest BCUT2D eigenvalue weighted by atomic mass is 16.1. The average molecular weight is 298 g/mol. The fourth-order valence-corrected chi connectivity index (χ4v) is 1.86. The van der Waals surface area contributed by atoms with E-state index in [1.165, 1.54) is 6.92 Å². The number of nitrogens with one attached hydrogen (secondary N) is 2. The molecule has 0 atom stereocenters. The second-order valence-corrected chi connectivity index (χ2v) is 4.86. The van der Waals surface area contributed by atoms with Crippen LogP contribution < -0.4 is 10.6 Å². The van der Waals surface area contributed by atoms with Crippen LogP contribution in [0.15, 0.2) is 36.4 Å². The topological polar surface area (TPSA) is 84.0 Å². The van der Waals surface area contributed by atoms with Gasteiger partial charge in [0.05, 0.1) is 0 Å². The quantitative estimate of drug-likeness (QED) is 0.800. The van der Waals surface area contributed by atoms with Crippen molar-refractivity contribution in [2.45, 2.75) is 26.7 Å². The third kappa shape index (κ3) is 4.37. The second kappa shape index (κ2) is 7.31. The Hall–Kier alpha value is -2.76. The smallest absolute Gasteiger partial charge is 0.225 e. The molecule has 1 aromatic carbocycles. The van der Waals surface area contributed by atoms with Crippen molar-refractivity contribution in [3.63, 3.8) is 0 Å². The Bertz CT molecular complexity index is 668. The first kappa shape index (κ1) is 15.6. The fraction of sp³-hybridized carbons (Fsp3) is 0.250. The predicted molar refractivity (Wildman–Crippen MR) is 85.3 cm³/mol. The van der Waals surface area contributed by atoms with Crippen molar-refractivity contribution in [3.05, 3.63) is 42.0 Å². The van der Waals surface area contributed by atoms with Crippen LogP contribution in [0.1, 0.15) is 37.0 Å². The summed E-state index contributed by atoms with van der Waals surface area (Å²) in [4.78, 5) is 22.8. The summed E-state index contributed by atoms with van der Waals surface area (Å²) in [6.07, 6.45) is 1.24. The molecule has 0 saturated carbocycles. The van der Waals surface area contributed by atoms with Crippen molar-refractivity contribution < 1.29 is 9.59 Å². The summed E-state index contributed by atoms with van der Waals surface area (Å²) in [5, 5.41) is 13.7. The number of nitrogens with zero attached hydrogens (tertiary/aromatic N) is 2. The van der Waals surface area contributed by atoms with Gasteiger partial charge in [-0.1, -0.05) is 19.1 Å². The summed E-state index contributed by atoms with van der Waals surface area (Å²) >= 11 is 0. The molecule has 2 rings (SSSR count). The van der Waals surface area contributed by atoms with E-state index in [4.69, 9.17) is 0 Å². The molecule has 0 fully saturated rings. The SMILES string of the molecule is CCCC(=O)Nc1ccc(Nc2cccc(C(C)=O)c2)nn1. The van der Waals surface area contributed by atoms with Crippen molar-refractivity contribution in [2.75, 3.05) is 10.6 Å². The maximum atomic E-state index is 11.5. The van der Waals surface area contributed by atoms with Crippen molar-refractivity contribution in [1.29, 1.82) is 0 Å². The van der Waals surface area contributed by atoms with Crippen LogP contribution in [0.4, 0.5) is 17.3 Å². The summed E-state index contributed by atoms with van der Waals surface area (Å²) in [7, 11) is 0. The van der Waals surface area contributed by atoms with E-state index in [2.05, 4.69) is 20.8 Å². The molecule has 0 aliphatic rings. The number of amides is 1. The van der Waals surface area contributed by atoms with Gasteiger partial charge in [0.2, 0.25) is 5.91 Å². The van der Waals surface area contributed by atoms with Gasteiger partial charge >= 0.3 is 0 Å². The Kier molecular flexibility index (Phi) is 5.19. The number of Topliss-reactive ketones (excluding diaryl/α,β-unsaturated/α-hetero) is 1. The molecular weight excluding hydrogens is 280 g/mol. The van der Waals surface area contributed by atoms with Crippen molar-refractivity contribution in [1.82, 2.24) is 10.2 Å². The minimum atomic E-state index is -0.0772. The lowest BCUT2D eigenvalue weighted by Gasteiger charge is -2.07. The molecule has 0 spiro atoms. The first-order valence-corrected chi connectivity index (χ1v) is 7.10. The first-order chi connectivity index (χ1) is 10.6. The average Bonchev–Trinajstić information content (AvgIpc) is 2.50. The molecule has 22 heavy (non-hydrogen) atoms. The molecule has 0 bridgehead atoms. The van der Waals surface area contributed by atoms with E-state index >= 15 is 0 Å². The van der Waals surface area contributed by atoms with E-state index in [1.807, 2.05) is 13.0 Å². The molecule has 6 nitrogen and oxygen atoms in total. The molecule has 0 aliphatic carbocycles. The number of rotatable bonds is 6. The number of anilines is 3. The third-order valence-corrected chi connectivity index (χ3v) is 2.95. The predicted octanol–water partition coefficient (Wildman–Crippen LogP) is 3.16. The van der Waals surface area contributed by atoms with Crippen LogP contribution in [-0.4, -0.2) is 21.9 Å². The molecule has 6 heteroatoms. The molecule has 0 aliphatic heterocycles. The van der Waals surface area contributed by atoms with Gasteiger partial charge in [-0.15, -0.1) is 10.2 Å². The maximum Gasteiger partial charge on any atom is 0.225 e. The molecule has 0 radical (unpaired) electrons. The fourth-order valence-electron chi connectivity index (χ4n) is 1.86. The molecule has 2 aromatic rings. The summed E-state index contributed by atoms with van der Waals surface area (Å²) in [6.45, 7) is 3.46. The van der Waals surface area contributed by atoms with E-state index in [1.54, 1.807) is 30.3 Å². The number of benzene rings is 1. The summed E-state index contributed by atoms with van der Waals surface area (Å²) in [5.74, 6) is 0.881. The lowest BCUT2D eigenvalue weighted by Crippen LogP contribution is -2.12. The number of ketones is 1. The zero-order valence-electron chi connectivity index (χ0n) is 12.6. The molecule has 0 saturated heterocycles. The normalized spacial score (nSPS) is 10.1. The number of carbonyl (C=O) groups is 2. The van der Waals surface area contributed by atoms with Crippen LogP contribution in [0.5, 0.6) is 0 Å². The van der Waals surface area contributed by atoms with Crippen LogP contribution in [0, 0.1) is 0 Å². The minimum absolute atomic E-state index is 0.00344. The molecule has 114 valence electrons. The van der Waals surface area contributed by atoms with Crippen LogP contribution in [0.3, 0.4) is 0 Å². The Labute approximate surface area is 129 Å². The van der Waals surface area contributed by atoms with E-state index in [0.29, 0.717) is 23.6 Å². The number of hydrogen-bond acceptors (Lipinski definition) is 5. The van der Waals surface area contributed by atoms with Gasteiger partial charge in [-0.3, -0.25) is 9.59 Å². The summed E-state index contributed by atoms with van der Waals surface area (Å²) in [6, 6.07) is 10.5. The van der Waals surface area contributed by atoms with E-state index in [0.717, 1.165) is 12.1 Å². The highest BCUT2D eigenvalue weighted by molar-refractivity contribution is 5.95. The number of carbonyl (C=O) groups excluding carboxylic acids is 2. The van der Waals surface area contributed by atoms with Gasteiger partial charge in [0, 0.05) is 17.7 Å². The second-order valence-electron chi connectivity index (χ2n) is 4.86. The van der Waals surface area contributed by atoms with Gasteiger partial charge < -0.3 is 10.6 Å². The van der Waals surface area contributed by atoms with Gasteiger partial charge in [0.1, 0.15) is 0 Å². The van der Waals surface area contributed by atoms with Crippen LogP contribution >= 0.6 is 0 Å². The van der Waals surface area contributed by atoms with E-state index < -0.39 is 0 Å². The zero-order valence-corrected chi connectivity index (χ0v) is 12.6. The monoisotopic (exact) mass is 298 g/mol. The Morgan fingerprint density at radius 1 is 1.09 bits per heavy atom. The standard InChI is InChI=1S/C16H18N4O2/c1-3-5-16(22)18-15-9-8-14(19-20-15)17-13-7-4-6-12(10-13)11(2)21/h4,6-10H,3,5H2,1-2H3,(H,17,19)(H,18,20,22). The lowest BCUT2D eigenvalue weighted by molar-refractivity contribution is -0.116. The van der Waals surface area contributed by atoms with Gasteiger partial charge in [-0.2, -0.15) is 0 Å². The summed E-state index contributed by atoms with van der Waals surface area (Å²) in [5.41, 5.74) is 1.38. The minimum Gasteiger partial charge on any atom is -0.339 e. The molecule has 1 heterocycles. The third-order valence-electron chi connectivity index (χ3n) is 2.95. The van der Waals surface area contributed by atoms with Crippen LogP contribution in [0.2, 0.25) is 0 Å². The van der Waals surface area contributed by atoms with E-state index in [9.17, 15) is 9.59 Å². The zero-order chi connectivity index (χ0) is 15.9. The molecule has 1 amide bonds. The Balaban J connectivity index is 2.03. The molecule has 1 aromatic heterocycles. The Morgan fingerprint density at radius 2 is 1.82 bits per heavy atom. The van der Waals surface area contributed by atoms with Crippen molar-refractivity contribution in [2.24, 2.45) is 0 Å². The summed E-state index contributed by atoms with van der Waals surface area (Å²) < 4.78 is 0. The molecule has 0 unspecified atom stereocenters. The van der Waals surface area contributed by atoms with Crippen LogP contribution in [0.25, 0.3) is 0 Å². The lowest BCUT2D eigenvalue weighted by atomic mass is 10.1. The number of aromatic nitrogens is 2. The van der Waals surface area contributed by atoms with E-state index in [-0.39, 0.29) is 11.7 Å². The van der Waals surface area contributed by atoms with Gasteiger partial charge in [0.25, 0.3) is 0 Å². The van der Waals surface area contributed by atoms with Crippen molar-refractivity contribution >= 4 is 29.0 Å². The molecule has 2 N–H and O–H groups in total. The van der Waals surface area contributed by atoms with Gasteiger partial charge in [-0.25, -0.2) is 0 Å². The number of hydrogen-bond donors (Lipinski definition) is 2. The van der Waals surface area contributed by atoms with Gasteiger partial charge in [0.15, 0.2) is 17.4 Å². The highest BCUT2D eigenvalue weighted by Crippen LogP contribution is 2.16. The Morgan fingerprint density at radius 3 is 2.45 bits per heavy atom. The van der Waals surface area contributed by atoms with Gasteiger partial charge in [-0.05, 0) is 37.6 Å². The van der Waals surface area contributed by atoms with Crippen LogP contribution in [-0.2, 0) is 4.79 Å². The van der Waals surface area contributed by atoms with Crippen molar-refractivity contribution in [3.8, 4) is 0 Å². The maximum absolute atomic E-state index is 11.5. The largest absolute Gasteiger partial charge is 0.339 e. The molecular formula is C16H18N4O2. The highest BCUT2D eigenvalue weighted by Gasteiger charge is 2.04. The first-order valence-electron chi connectivity index (χ1n) is 7.10.